The minimum Gasteiger partial charge on any atom is -0.494 e. The van der Waals surface area contributed by atoms with Gasteiger partial charge in [0.2, 0.25) is 0 Å². The van der Waals surface area contributed by atoms with Gasteiger partial charge in [0.15, 0.2) is 0 Å². The van der Waals surface area contributed by atoms with E-state index in [1.54, 1.807) is 12.1 Å². The predicted octanol–water partition coefficient (Wildman–Crippen LogP) is 5.16. The van der Waals surface area contributed by atoms with Crippen molar-refractivity contribution in [3.05, 3.63) is 59.2 Å². The summed E-state index contributed by atoms with van der Waals surface area (Å²) in [5.41, 5.74) is 0.358. The van der Waals surface area contributed by atoms with Crippen LogP contribution in [-0.4, -0.2) is 43.6 Å². The Bertz CT molecular complexity index is 923. The molecule has 0 aliphatic carbocycles. The Morgan fingerprint density at radius 3 is 2.55 bits per heavy atom. The molecule has 0 unspecified atom stereocenters. The fourth-order valence-corrected chi connectivity index (χ4v) is 4.39. The molecule has 1 saturated heterocycles. The van der Waals surface area contributed by atoms with E-state index >= 15 is 0 Å². The summed E-state index contributed by atoms with van der Waals surface area (Å²) in [4.78, 5) is 16.8. The van der Waals surface area contributed by atoms with Gasteiger partial charge in [0.05, 0.1) is 17.7 Å². The van der Waals surface area contributed by atoms with Crippen LogP contribution in [0.2, 0.25) is 0 Å². The molecule has 2 heterocycles. The smallest absolute Gasteiger partial charge is 0.417 e. The summed E-state index contributed by atoms with van der Waals surface area (Å²) in [5.74, 6) is -0.488. The number of para-hydroxylation sites is 1. The Labute approximate surface area is 180 Å². The van der Waals surface area contributed by atoms with E-state index in [1.807, 2.05) is 12.1 Å². The van der Waals surface area contributed by atoms with Crippen LogP contribution in [0.25, 0.3) is 0 Å². The highest BCUT2D eigenvalue weighted by Crippen LogP contribution is 2.37. The normalized spacial score (nSPS) is 16.9. The van der Waals surface area contributed by atoms with E-state index in [2.05, 4.69) is 4.90 Å². The van der Waals surface area contributed by atoms with Gasteiger partial charge in [0, 0.05) is 18.8 Å². The lowest BCUT2D eigenvalue weighted by Crippen LogP contribution is -2.31. The molecule has 0 bridgehead atoms. The zero-order valence-corrected chi connectivity index (χ0v) is 17.5. The fraction of sp³-hybridized carbons (Fsp3) is 0.458. The Morgan fingerprint density at radius 1 is 1.00 bits per heavy atom. The van der Waals surface area contributed by atoms with Crippen LogP contribution in [0, 0.1) is 0 Å². The van der Waals surface area contributed by atoms with Crippen LogP contribution >= 0.6 is 0 Å². The highest BCUT2D eigenvalue weighted by atomic mass is 19.4. The highest BCUT2D eigenvalue weighted by molar-refractivity contribution is 6.08. The van der Waals surface area contributed by atoms with Crippen LogP contribution in [0.3, 0.4) is 0 Å². The first-order chi connectivity index (χ1) is 14.9. The number of likely N-dealkylation sites (tertiary alicyclic amines) is 1. The summed E-state index contributed by atoms with van der Waals surface area (Å²) >= 11 is 0. The van der Waals surface area contributed by atoms with E-state index in [4.69, 9.17) is 4.74 Å². The maximum absolute atomic E-state index is 13.8. The summed E-state index contributed by atoms with van der Waals surface area (Å²) in [6.07, 6.45) is 0.423. The molecule has 7 heteroatoms. The Hall–Kier alpha value is -2.54. The third-order valence-corrected chi connectivity index (χ3v) is 6.00. The maximum atomic E-state index is 13.8. The van der Waals surface area contributed by atoms with Gasteiger partial charge in [-0.25, -0.2) is 0 Å². The van der Waals surface area contributed by atoms with Gasteiger partial charge in [-0.2, -0.15) is 13.2 Å². The number of alkyl halides is 3. The number of amides is 1. The second-order valence-electron chi connectivity index (χ2n) is 8.14. The van der Waals surface area contributed by atoms with Crippen molar-refractivity contribution in [2.45, 2.75) is 38.3 Å². The number of nitrogens with zero attached hydrogens (tertiary/aromatic N) is 2. The molecule has 1 amide bonds. The van der Waals surface area contributed by atoms with Gasteiger partial charge in [-0.3, -0.25) is 4.79 Å². The van der Waals surface area contributed by atoms with Crippen LogP contribution in [0.4, 0.5) is 18.9 Å². The number of benzene rings is 2. The summed E-state index contributed by atoms with van der Waals surface area (Å²) in [5, 5.41) is 0. The third-order valence-electron chi connectivity index (χ3n) is 6.00. The van der Waals surface area contributed by atoms with E-state index in [9.17, 15) is 18.0 Å². The number of carbonyl (C=O) groups is 1. The Morgan fingerprint density at radius 2 is 1.77 bits per heavy atom. The lowest BCUT2D eigenvalue weighted by molar-refractivity contribution is -0.138. The first-order valence-corrected chi connectivity index (χ1v) is 10.9. The van der Waals surface area contributed by atoms with Gasteiger partial charge in [-0.15, -0.1) is 0 Å². The summed E-state index contributed by atoms with van der Waals surface area (Å²) in [6.45, 7) is 3.77. The summed E-state index contributed by atoms with van der Waals surface area (Å²) in [6, 6.07) is 11.0. The monoisotopic (exact) mass is 432 g/mol. The molecule has 1 fully saturated rings. The topological polar surface area (TPSA) is 32.8 Å². The molecule has 0 saturated carbocycles. The van der Waals surface area contributed by atoms with E-state index in [0.717, 1.165) is 37.7 Å². The van der Waals surface area contributed by atoms with Crippen molar-refractivity contribution < 1.29 is 22.7 Å². The average molecular weight is 432 g/mol. The molecular formula is C24H27F3N2O2. The molecule has 2 aromatic rings. The van der Waals surface area contributed by atoms with Crippen LogP contribution in [0.5, 0.6) is 5.75 Å². The number of halogens is 3. The number of piperidine rings is 1. The standard InChI is InChI=1S/C24H27F3N2O2/c25-24(26,27)21-17-19(31-16-6-14-28-12-4-1-5-13-28)9-10-20(21)23(30)29-15-11-18-7-2-3-8-22(18)29/h2-3,7-10,17H,1,4-6,11-16H2. The van der Waals surface area contributed by atoms with E-state index < -0.39 is 17.6 Å². The maximum Gasteiger partial charge on any atom is 0.417 e. The molecular weight excluding hydrogens is 405 g/mol. The van der Waals surface area contributed by atoms with Crippen LogP contribution in [0.1, 0.15) is 47.2 Å². The number of hydrogen-bond acceptors (Lipinski definition) is 3. The van der Waals surface area contributed by atoms with Crippen LogP contribution in [0.15, 0.2) is 42.5 Å². The first kappa shape index (κ1) is 21.7. The predicted molar refractivity (Wildman–Crippen MR) is 114 cm³/mol. The van der Waals surface area contributed by atoms with E-state index in [-0.39, 0.29) is 11.3 Å². The number of hydrogen-bond donors (Lipinski definition) is 0. The molecule has 2 aromatic carbocycles. The number of anilines is 1. The highest BCUT2D eigenvalue weighted by Gasteiger charge is 2.38. The molecule has 4 nitrogen and oxygen atoms in total. The average Bonchev–Trinajstić information content (AvgIpc) is 3.20. The van der Waals surface area contributed by atoms with Gasteiger partial charge < -0.3 is 14.5 Å². The molecule has 4 rings (SSSR count). The van der Waals surface area contributed by atoms with Gasteiger partial charge in [-0.1, -0.05) is 24.6 Å². The first-order valence-electron chi connectivity index (χ1n) is 10.9. The summed E-state index contributed by atoms with van der Waals surface area (Å²) < 4.78 is 46.9. The molecule has 2 aliphatic rings. The Balaban J connectivity index is 1.45. The molecule has 0 atom stereocenters. The molecule has 0 N–H and O–H groups in total. The lowest BCUT2D eigenvalue weighted by Gasteiger charge is -2.26. The van der Waals surface area contributed by atoms with Crippen molar-refractivity contribution in [3.8, 4) is 5.75 Å². The van der Waals surface area contributed by atoms with Gasteiger partial charge >= 0.3 is 6.18 Å². The lowest BCUT2D eigenvalue weighted by atomic mass is 10.0. The van der Waals surface area contributed by atoms with Crippen LogP contribution < -0.4 is 9.64 Å². The van der Waals surface area contributed by atoms with Crippen LogP contribution in [-0.2, 0) is 12.6 Å². The van der Waals surface area contributed by atoms with E-state index in [1.165, 1.54) is 36.3 Å². The van der Waals surface area contributed by atoms with Gasteiger partial charge in [-0.05, 0) is 68.6 Å². The minimum absolute atomic E-state index is 0.143. The SMILES string of the molecule is O=C(c1ccc(OCCCN2CCCCC2)cc1C(F)(F)F)N1CCc2ccccc21. The molecule has 2 aliphatic heterocycles. The van der Waals surface area contributed by atoms with Crippen molar-refractivity contribution in [3.63, 3.8) is 0 Å². The quantitative estimate of drug-likeness (QED) is 0.591. The van der Waals surface area contributed by atoms with Gasteiger partial charge in [0.25, 0.3) is 5.91 Å². The van der Waals surface area contributed by atoms with Crippen molar-refractivity contribution in [2.75, 3.05) is 37.7 Å². The Kier molecular flexibility index (Phi) is 6.51. The van der Waals surface area contributed by atoms with Crippen molar-refractivity contribution >= 4 is 11.6 Å². The summed E-state index contributed by atoms with van der Waals surface area (Å²) in [7, 11) is 0. The molecule has 31 heavy (non-hydrogen) atoms. The molecule has 0 spiro atoms. The van der Waals surface area contributed by atoms with Gasteiger partial charge in [0.1, 0.15) is 5.75 Å². The number of fused-ring (bicyclic) bond motifs is 1. The molecule has 0 aromatic heterocycles. The number of ether oxygens (including phenoxy) is 1. The second kappa shape index (κ2) is 9.30. The third kappa shape index (κ3) is 5.03. The molecule has 0 radical (unpaired) electrons. The second-order valence-corrected chi connectivity index (χ2v) is 8.14. The fourth-order valence-electron chi connectivity index (χ4n) is 4.39. The van der Waals surface area contributed by atoms with Crippen molar-refractivity contribution in [2.24, 2.45) is 0 Å². The zero-order chi connectivity index (χ0) is 21.8. The number of carbonyl (C=O) groups excluding carboxylic acids is 1. The van der Waals surface area contributed by atoms with Crippen molar-refractivity contribution in [1.29, 1.82) is 0 Å². The van der Waals surface area contributed by atoms with E-state index in [0.29, 0.717) is 25.3 Å². The minimum atomic E-state index is -4.64. The largest absolute Gasteiger partial charge is 0.494 e. The molecule has 166 valence electrons. The van der Waals surface area contributed by atoms with Crippen molar-refractivity contribution in [1.82, 2.24) is 4.90 Å². The number of rotatable bonds is 6. The zero-order valence-electron chi connectivity index (χ0n) is 17.5.